The third-order valence-corrected chi connectivity index (χ3v) is 9.17. The number of hydrogen-bond donors (Lipinski definition) is 3. The molecule has 3 aliphatic carbocycles. The lowest BCUT2D eigenvalue weighted by Crippen LogP contribution is -2.71. The van der Waals surface area contributed by atoms with E-state index in [9.17, 15) is 39.0 Å². The molecular weight excluding hydrogens is 514 g/mol. The first-order valence-electron chi connectivity index (χ1n) is 13.6. The Morgan fingerprint density at radius 1 is 1.00 bits per heavy atom. The summed E-state index contributed by atoms with van der Waals surface area (Å²) in [5, 5.41) is 22.5. The number of aryl methyl sites for hydroxylation is 1. The van der Waals surface area contributed by atoms with Gasteiger partial charge < -0.3 is 15.9 Å². The number of carbonyl (C=O) groups is 6. The van der Waals surface area contributed by atoms with E-state index in [1.54, 1.807) is 19.1 Å². The second-order valence-electron chi connectivity index (χ2n) is 11.2. The number of aromatic hydroxyl groups is 1. The molecule has 1 amide bonds. The minimum Gasteiger partial charge on any atom is -0.507 e. The number of benzene rings is 2. The summed E-state index contributed by atoms with van der Waals surface area (Å²) in [7, 11) is 0. The molecule has 0 spiro atoms. The van der Waals surface area contributed by atoms with Gasteiger partial charge in [0, 0.05) is 25.2 Å². The molecule has 208 valence electrons. The van der Waals surface area contributed by atoms with Crippen LogP contribution in [0.1, 0.15) is 60.0 Å². The van der Waals surface area contributed by atoms with Crippen LogP contribution in [0.4, 0.5) is 0 Å². The van der Waals surface area contributed by atoms with Gasteiger partial charge in [0.15, 0.2) is 34.7 Å². The maximum absolute atomic E-state index is 14.1. The van der Waals surface area contributed by atoms with E-state index in [0.717, 1.165) is 5.56 Å². The Balaban J connectivity index is 1.70. The number of nitrogens with two attached hydrogens (primary N) is 1. The summed E-state index contributed by atoms with van der Waals surface area (Å²) >= 11 is 0. The number of carbonyl (C=O) groups excluding carboxylic acids is 6. The Morgan fingerprint density at radius 3 is 2.35 bits per heavy atom. The van der Waals surface area contributed by atoms with E-state index in [2.05, 4.69) is 0 Å². The van der Waals surface area contributed by atoms with Crippen molar-refractivity contribution in [3.05, 3.63) is 65.2 Å². The Kier molecular flexibility index (Phi) is 7.04. The molecule has 2 aromatic rings. The number of ketones is 5. The molecule has 4 N–H and O–H groups in total. The van der Waals surface area contributed by atoms with Crippen LogP contribution in [0.25, 0.3) is 0 Å². The Bertz CT molecular complexity index is 1430. The lowest BCUT2D eigenvalue weighted by molar-refractivity contribution is -0.183. The number of rotatable bonds is 7. The normalized spacial score (nSPS) is 31.2. The molecule has 0 heterocycles. The smallest absolute Gasteiger partial charge is 0.235 e. The van der Waals surface area contributed by atoms with E-state index in [-0.39, 0.29) is 29.9 Å². The van der Waals surface area contributed by atoms with Gasteiger partial charge in [-0.25, -0.2) is 0 Å². The molecule has 0 aromatic heterocycles. The van der Waals surface area contributed by atoms with Crippen LogP contribution in [-0.2, 0) is 30.4 Å². The first kappa shape index (κ1) is 27.6. The molecule has 2 aromatic carbocycles. The molecule has 3 aliphatic rings. The Hall–Kier alpha value is -3.98. The lowest BCUT2D eigenvalue weighted by atomic mass is 9.46. The summed E-state index contributed by atoms with van der Waals surface area (Å²) in [5.41, 5.74) is 3.95. The third-order valence-electron chi connectivity index (χ3n) is 9.17. The number of Topliss-reactive ketones (excluding diaryl/α,β-unsaturated/α-hetero) is 5. The van der Waals surface area contributed by atoms with E-state index in [1.807, 2.05) is 30.3 Å². The molecule has 2 saturated carbocycles. The van der Waals surface area contributed by atoms with Crippen LogP contribution in [0.2, 0.25) is 0 Å². The topological polar surface area (TPSA) is 169 Å². The van der Waals surface area contributed by atoms with Crippen molar-refractivity contribution >= 4 is 34.8 Å². The molecule has 2 unspecified atom stereocenters. The minimum atomic E-state index is -2.84. The molecule has 7 atom stereocenters. The van der Waals surface area contributed by atoms with Gasteiger partial charge in [0.2, 0.25) is 5.91 Å². The first-order chi connectivity index (χ1) is 19.0. The summed E-state index contributed by atoms with van der Waals surface area (Å²) < 4.78 is 0. The fourth-order valence-corrected chi connectivity index (χ4v) is 7.33. The predicted molar refractivity (Wildman–Crippen MR) is 141 cm³/mol. The molecule has 9 heteroatoms. The third kappa shape index (κ3) is 4.11. The van der Waals surface area contributed by atoms with E-state index < -0.39 is 76.6 Å². The van der Waals surface area contributed by atoms with Crippen molar-refractivity contribution in [2.45, 2.75) is 50.5 Å². The van der Waals surface area contributed by atoms with E-state index >= 15 is 0 Å². The van der Waals surface area contributed by atoms with E-state index in [4.69, 9.17) is 5.73 Å². The van der Waals surface area contributed by atoms with Gasteiger partial charge in [0.25, 0.3) is 0 Å². The van der Waals surface area contributed by atoms with Crippen LogP contribution in [0, 0.1) is 29.6 Å². The highest BCUT2D eigenvalue weighted by Gasteiger charge is 2.70. The van der Waals surface area contributed by atoms with Gasteiger partial charge >= 0.3 is 0 Å². The van der Waals surface area contributed by atoms with Crippen molar-refractivity contribution in [1.82, 2.24) is 0 Å². The number of aliphatic hydroxyl groups is 1. The van der Waals surface area contributed by atoms with Gasteiger partial charge in [-0.15, -0.1) is 0 Å². The summed E-state index contributed by atoms with van der Waals surface area (Å²) in [6, 6.07) is 14.2. The van der Waals surface area contributed by atoms with Crippen LogP contribution in [0.5, 0.6) is 5.75 Å². The van der Waals surface area contributed by atoms with E-state index in [0.29, 0.717) is 18.4 Å². The zero-order chi connectivity index (χ0) is 28.9. The molecule has 0 saturated heterocycles. The molecular formula is C31H31NO8. The van der Waals surface area contributed by atoms with Gasteiger partial charge in [-0.1, -0.05) is 49.4 Å². The Morgan fingerprint density at radius 2 is 1.70 bits per heavy atom. The number of fused-ring (bicyclic) bond motifs is 3. The number of phenols is 1. The second kappa shape index (κ2) is 10.2. The summed E-state index contributed by atoms with van der Waals surface area (Å²) in [6.45, 7) is 1.66. The highest BCUT2D eigenvalue weighted by molar-refractivity contribution is 6.31. The highest BCUT2D eigenvalue weighted by Crippen LogP contribution is 2.58. The second-order valence-corrected chi connectivity index (χ2v) is 11.2. The Labute approximate surface area is 230 Å². The maximum Gasteiger partial charge on any atom is 0.235 e. The SMILES string of the molecule is CCC(=O)C[C@H]1[C@H]2C(C(=O)c3c(O)cccc3[C@@H]2CCc2ccccc2)C(=O)[C@]2(O)C(=O)C(C(N)=O)C(=O)C[C@H]12. The van der Waals surface area contributed by atoms with Crippen molar-refractivity contribution in [3.63, 3.8) is 0 Å². The van der Waals surface area contributed by atoms with Crippen molar-refractivity contribution < 1.29 is 39.0 Å². The first-order valence-corrected chi connectivity index (χ1v) is 13.6. The van der Waals surface area contributed by atoms with Crippen LogP contribution in [0.15, 0.2) is 48.5 Å². The molecule has 40 heavy (non-hydrogen) atoms. The summed E-state index contributed by atoms with van der Waals surface area (Å²) in [5.74, 6) is -12.9. The number of primary amides is 1. The molecule has 0 radical (unpaired) electrons. The summed E-state index contributed by atoms with van der Waals surface area (Å²) in [6.07, 6.45) is 0.466. The van der Waals surface area contributed by atoms with Crippen molar-refractivity contribution in [2.24, 2.45) is 35.3 Å². The summed E-state index contributed by atoms with van der Waals surface area (Å²) in [4.78, 5) is 79.5. The van der Waals surface area contributed by atoms with Gasteiger partial charge in [0.05, 0.1) is 11.5 Å². The lowest BCUT2D eigenvalue weighted by Gasteiger charge is -2.55. The highest BCUT2D eigenvalue weighted by atomic mass is 16.3. The van der Waals surface area contributed by atoms with Gasteiger partial charge in [-0.3, -0.25) is 28.8 Å². The average Bonchev–Trinajstić information content (AvgIpc) is 2.92. The van der Waals surface area contributed by atoms with Crippen molar-refractivity contribution in [1.29, 1.82) is 0 Å². The number of hydrogen-bond acceptors (Lipinski definition) is 8. The fourth-order valence-electron chi connectivity index (χ4n) is 7.33. The van der Waals surface area contributed by atoms with E-state index in [1.165, 1.54) is 6.07 Å². The largest absolute Gasteiger partial charge is 0.507 e. The molecule has 2 fully saturated rings. The zero-order valence-corrected chi connectivity index (χ0v) is 22.0. The zero-order valence-electron chi connectivity index (χ0n) is 22.0. The van der Waals surface area contributed by atoms with Crippen LogP contribution in [-0.4, -0.2) is 50.6 Å². The molecule has 0 aliphatic heterocycles. The van der Waals surface area contributed by atoms with Crippen LogP contribution in [0.3, 0.4) is 0 Å². The average molecular weight is 546 g/mol. The fraction of sp³-hybridized carbons (Fsp3) is 0.419. The predicted octanol–water partition coefficient (Wildman–Crippen LogP) is 2.10. The van der Waals surface area contributed by atoms with Crippen molar-refractivity contribution in [3.8, 4) is 5.75 Å². The van der Waals surface area contributed by atoms with Gasteiger partial charge in [-0.2, -0.15) is 0 Å². The standard InChI is InChI=1S/C31H31NO8/c1-2-16(33)13-19-20-14-22(35)25(30(32)39)28(37)31(20,40)29(38)26-23(19)18(12-11-15-7-4-3-5-8-15)17-9-6-10-21(34)24(17)27(26)36/h3-10,18-20,23,25-26,34,40H,2,11-14H2,1H3,(H2,32,39)/t18-,19+,20+,23-,25?,26?,31+/m0/s1. The maximum atomic E-state index is 14.1. The monoisotopic (exact) mass is 545 g/mol. The van der Waals surface area contributed by atoms with Crippen LogP contribution < -0.4 is 5.73 Å². The molecule has 5 rings (SSSR count). The van der Waals surface area contributed by atoms with Gasteiger partial charge in [-0.05, 0) is 47.8 Å². The van der Waals surface area contributed by atoms with Gasteiger partial charge in [0.1, 0.15) is 11.5 Å². The quantitative estimate of drug-likeness (QED) is 0.444. The molecule has 9 nitrogen and oxygen atoms in total. The number of amides is 1. The minimum absolute atomic E-state index is 0.0523. The van der Waals surface area contributed by atoms with Crippen molar-refractivity contribution in [2.75, 3.05) is 0 Å². The van der Waals surface area contributed by atoms with Crippen LogP contribution >= 0.6 is 0 Å². The number of phenolic OH excluding ortho intramolecular Hbond substituents is 1. The molecule has 0 bridgehead atoms.